The van der Waals surface area contributed by atoms with E-state index in [1.54, 1.807) is 48.4 Å². The van der Waals surface area contributed by atoms with E-state index >= 15 is 0 Å². The first-order chi connectivity index (χ1) is 19.9. The largest absolute Gasteiger partial charge is 0.457 e. The van der Waals surface area contributed by atoms with Gasteiger partial charge in [-0.1, -0.05) is 6.07 Å². The lowest BCUT2D eigenvalue weighted by atomic mass is 10.0. The summed E-state index contributed by atoms with van der Waals surface area (Å²) in [6.45, 7) is 0. The van der Waals surface area contributed by atoms with Crippen LogP contribution in [-0.2, 0) is 9.59 Å². The second-order valence-corrected chi connectivity index (χ2v) is 9.80. The number of pyridine rings is 2. The monoisotopic (exact) mass is 549 g/mol. The number of rotatable bonds is 8. The molecule has 41 heavy (non-hydrogen) atoms. The van der Waals surface area contributed by atoms with Crippen LogP contribution in [0, 0.1) is 11.2 Å². The van der Waals surface area contributed by atoms with E-state index in [-0.39, 0.29) is 5.91 Å². The highest BCUT2D eigenvalue weighted by molar-refractivity contribution is 6.16. The second kappa shape index (κ2) is 10.7. The third-order valence-electron chi connectivity index (χ3n) is 7.08. The van der Waals surface area contributed by atoms with Crippen LogP contribution in [0.2, 0.25) is 0 Å². The Morgan fingerprint density at radius 2 is 1.56 bits per heavy atom. The van der Waals surface area contributed by atoms with Crippen molar-refractivity contribution in [3.8, 4) is 22.6 Å². The number of aromatic nitrogens is 2. The van der Waals surface area contributed by atoms with Crippen molar-refractivity contribution in [3.63, 3.8) is 0 Å². The molecular weight excluding hydrogens is 523 g/mol. The molecule has 6 rings (SSSR count). The van der Waals surface area contributed by atoms with Crippen molar-refractivity contribution in [3.05, 3.63) is 109 Å². The van der Waals surface area contributed by atoms with Crippen molar-refractivity contribution in [2.24, 2.45) is 5.41 Å². The summed E-state index contributed by atoms with van der Waals surface area (Å²) in [4.78, 5) is 35.6. The van der Waals surface area contributed by atoms with E-state index in [2.05, 4.69) is 15.6 Å². The highest BCUT2D eigenvalue weighted by Gasteiger charge is 2.56. The number of benzene rings is 3. The van der Waals surface area contributed by atoms with Crippen molar-refractivity contribution in [1.82, 2.24) is 4.98 Å². The van der Waals surface area contributed by atoms with E-state index < -0.39 is 17.1 Å². The molecule has 3 aromatic carbocycles. The van der Waals surface area contributed by atoms with Crippen molar-refractivity contribution in [2.45, 2.75) is 12.8 Å². The predicted octanol–water partition coefficient (Wildman–Crippen LogP) is 5.54. The first-order valence-corrected chi connectivity index (χ1v) is 13.0. The number of carbonyl (C=O) groups is 2. The van der Waals surface area contributed by atoms with Gasteiger partial charge in [0.2, 0.25) is 24.2 Å². The number of nitrogens with one attached hydrogen (secondary N) is 2. The summed E-state index contributed by atoms with van der Waals surface area (Å²) < 4.78 is 21.0. The van der Waals surface area contributed by atoms with Crippen LogP contribution in [0.25, 0.3) is 22.0 Å². The zero-order valence-electron chi connectivity index (χ0n) is 22.1. The molecule has 0 atom stereocenters. The fourth-order valence-corrected chi connectivity index (χ4v) is 4.58. The van der Waals surface area contributed by atoms with E-state index in [0.29, 0.717) is 35.7 Å². The molecule has 2 N–H and O–H groups in total. The van der Waals surface area contributed by atoms with E-state index in [1.165, 1.54) is 24.3 Å². The maximum Gasteiger partial charge on any atom is 0.240 e. The van der Waals surface area contributed by atoms with Gasteiger partial charge in [0.25, 0.3) is 0 Å². The van der Waals surface area contributed by atoms with Crippen molar-refractivity contribution in [1.29, 1.82) is 0 Å². The van der Waals surface area contributed by atoms with Crippen molar-refractivity contribution in [2.75, 3.05) is 17.7 Å². The van der Waals surface area contributed by atoms with Crippen LogP contribution < -0.4 is 24.9 Å². The maximum absolute atomic E-state index is 13.2. The van der Waals surface area contributed by atoms with Gasteiger partial charge in [-0.25, -0.2) is 4.39 Å². The zero-order chi connectivity index (χ0) is 28.4. The van der Waals surface area contributed by atoms with Crippen molar-refractivity contribution < 1.29 is 28.3 Å². The number of ether oxygens (including phenoxy) is 1. The number of fused-ring (bicyclic) bond motifs is 1. The predicted molar refractivity (Wildman–Crippen MR) is 152 cm³/mol. The number of amides is 2. The van der Waals surface area contributed by atoms with Gasteiger partial charge in [-0.2, -0.15) is 0 Å². The van der Waals surface area contributed by atoms with Gasteiger partial charge < -0.3 is 15.4 Å². The number of halogens is 1. The molecule has 1 saturated carbocycles. The minimum Gasteiger partial charge on any atom is -0.457 e. The molecule has 8 nitrogen and oxygen atoms in total. The fourth-order valence-electron chi connectivity index (χ4n) is 4.58. The van der Waals surface area contributed by atoms with Crippen LogP contribution in [0.4, 0.5) is 15.8 Å². The van der Waals surface area contributed by atoms with Crippen LogP contribution >= 0.6 is 0 Å². The number of anilines is 2. The quantitative estimate of drug-likeness (QED) is 0.196. The van der Waals surface area contributed by atoms with Gasteiger partial charge in [0.15, 0.2) is 0 Å². The van der Waals surface area contributed by atoms with Gasteiger partial charge in [0.1, 0.15) is 29.8 Å². The van der Waals surface area contributed by atoms with E-state index in [4.69, 9.17) is 9.57 Å². The van der Waals surface area contributed by atoms with Gasteiger partial charge in [-0.3, -0.25) is 19.4 Å². The van der Waals surface area contributed by atoms with Crippen LogP contribution in [0.1, 0.15) is 12.8 Å². The summed E-state index contributed by atoms with van der Waals surface area (Å²) in [5.74, 6) is 0.0477. The minimum absolute atomic E-state index is 0.379. The average Bonchev–Trinajstić information content (AvgIpc) is 3.82. The Bertz CT molecular complexity index is 1750. The first kappa shape index (κ1) is 25.9. The molecule has 0 bridgehead atoms. The Hall–Kier alpha value is -5.31. The van der Waals surface area contributed by atoms with Crippen molar-refractivity contribution >= 4 is 34.1 Å². The molecule has 2 heterocycles. The molecule has 0 saturated heterocycles. The lowest BCUT2D eigenvalue weighted by molar-refractivity contribution is -0.885. The van der Waals surface area contributed by atoms with Crippen LogP contribution in [-0.4, -0.2) is 23.9 Å². The van der Waals surface area contributed by atoms with Crippen LogP contribution in [0.3, 0.4) is 0 Å². The normalized spacial score (nSPS) is 13.3. The number of carbonyl (C=O) groups excluding carboxylic acids is 2. The molecule has 0 aliphatic heterocycles. The maximum atomic E-state index is 13.2. The zero-order valence-corrected chi connectivity index (χ0v) is 22.1. The number of hydrogen-bond acceptors (Lipinski definition) is 5. The van der Waals surface area contributed by atoms with E-state index in [0.717, 1.165) is 22.0 Å². The smallest absolute Gasteiger partial charge is 0.240 e. The third-order valence-corrected chi connectivity index (χ3v) is 7.08. The summed E-state index contributed by atoms with van der Waals surface area (Å²) >= 11 is 0. The van der Waals surface area contributed by atoms with E-state index in [1.807, 2.05) is 42.7 Å². The van der Waals surface area contributed by atoms with E-state index in [9.17, 15) is 14.0 Å². The fraction of sp³-hybridized carbons (Fsp3) is 0.125. The molecule has 0 unspecified atom stereocenters. The standard InChI is InChI=1S/C32H25FN4O4/c1-40-37-18-2-3-22(20-37)21-4-13-27-28(19-21)34-17-14-29(27)41-26-11-9-25(10-12-26)36-31(39)32(15-16-32)30(38)35-24-7-5-23(33)6-8-24/h2-14,17-20H,15-16H2,1H3,(H-,35,36,38,39)/p+1. The molecule has 204 valence electrons. The number of nitrogens with zero attached hydrogens (tertiary/aromatic N) is 2. The molecular formula is C32H26FN4O4+. The Morgan fingerprint density at radius 3 is 2.22 bits per heavy atom. The topological polar surface area (TPSA) is 93.4 Å². The molecule has 1 fully saturated rings. The molecule has 9 heteroatoms. The molecule has 2 aromatic heterocycles. The highest BCUT2D eigenvalue weighted by Crippen LogP contribution is 2.47. The average molecular weight is 550 g/mol. The molecule has 2 amide bonds. The van der Waals surface area contributed by atoms with Gasteiger partial charge in [-0.15, -0.1) is 0 Å². The molecule has 5 aromatic rings. The Morgan fingerprint density at radius 1 is 0.878 bits per heavy atom. The summed E-state index contributed by atoms with van der Waals surface area (Å²) in [7, 11) is 1.61. The molecule has 0 radical (unpaired) electrons. The second-order valence-electron chi connectivity index (χ2n) is 9.80. The number of hydrogen-bond donors (Lipinski definition) is 2. The lowest BCUT2D eigenvalue weighted by Crippen LogP contribution is -2.39. The van der Waals surface area contributed by atoms with Crippen LogP contribution in [0.5, 0.6) is 11.5 Å². The summed E-state index contributed by atoms with van der Waals surface area (Å²) in [5.41, 5.74) is 2.61. The Balaban J connectivity index is 1.13. The SMILES string of the molecule is CO[n+]1cccc(-c2ccc3c(Oc4ccc(NC(=O)C5(C(=O)Nc6ccc(F)cc6)CC5)cc4)ccnc3c2)c1. The van der Waals surface area contributed by atoms with Crippen LogP contribution in [0.15, 0.2) is 104 Å². The minimum atomic E-state index is -1.14. The highest BCUT2D eigenvalue weighted by atomic mass is 19.1. The van der Waals surface area contributed by atoms with Gasteiger partial charge in [0, 0.05) is 33.8 Å². The van der Waals surface area contributed by atoms with Gasteiger partial charge in [0.05, 0.1) is 11.1 Å². The molecule has 1 aliphatic rings. The summed E-state index contributed by atoms with van der Waals surface area (Å²) in [6.07, 6.45) is 6.30. The van der Waals surface area contributed by atoms with Gasteiger partial charge in [-0.05, 0) is 91.2 Å². The molecule has 1 aliphatic carbocycles. The Labute approximate surface area is 235 Å². The first-order valence-electron chi connectivity index (χ1n) is 13.0. The lowest BCUT2D eigenvalue weighted by Gasteiger charge is -2.16. The molecule has 0 spiro atoms. The van der Waals surface area contributed by atoms with Gasteiger partial charge >= 0.3 is 0 Å². The summed E-state index contributed by atoms with van der Waals surface area (Å²) in [6, 6.07) is 24.1. The Kier molecular flexibility index (Phi) is 6.76. The third kappa shape index (κ3) is 5.42. The summed E-state index contributed by atoms with van der Waals surface area (Å²) in [5, 5.41) is 6.40.